The second-order valence-electron chi connectivity index (χ2n) is 6.65. The molecule has 0 spiro atoms. The van der Waals surface area contributed by atoms with Gasteiger partial charge in [0, 0.05) is 12.1 Å². The highest BCUT2D eigenvalue weighted by molar-refractivity contribution is 7.89. The van der Waals surface area contributed by atoms with E-state index in [4.69, 9.17) is 4.74 Å². The Morgan fingerprint density at radius 3 is 2.37 bits per heavy atom. The van der Waals surface area contributed by atoms with Gasteiger partial charge >= 0.3 is 0 Å². The molecule has 1 heterocycles. The minimum absolute atomic E-state index is 0.00946. The lowest BCUT2D eigenvalue weighted by molar-refractivity contribution is -0.384. The molecule has 1 aliphatic rings. The van der Waals surface area contributed by atoms with E-state index in [1.54, 1.807) is 19.9 Å². The summed E-state index contributed by atoms with van der Waals surface area (Å²) in [5.74, 6) is 0. The number of non-ortho nitro benzene ring substituents is 1. The van der Waals surface area contributed by atoms with Crippen LogP contribution in [0.2, 0.25) is 0 Å². The van der Waals surface area contributed by atoms with E-state index in [2.05, 4.69) is 0 Å². The average molecular weight is 388 g/mol. The Morgan fingerprint density at radius 1 is 1.15 bits per heavy atom. The predicted molar refractivity (Wildman–Crippen MR) is 101 cm³/mol. The molecule has 7 nitrogen and oxygen atoms in total. The fourth-order valence-corrected chi connectivity index (χ4v) is 4.89. The van der Waals surface area contributed by atoms with Crippen molar-refractivity contribution >= 4 is 21.8 Å². The molecule has 3 rings (SSSR count). The van der Waals surface area contributed by atoms with Gasteiger partial charge in [-0.25, -0.2) is 8.42 Å². The van der Waals surface area contributed by atoms with Crippen LogP contribution in [-0.2, 0) is 14.8 Å². The second kappa shape index (κ2) is 7.22. The molecule has 2 aromatic rings. The van der Waals surface area contributed by atoms with Crippen LogP contribution in [0, 0.1) is 10.1 Å². The molecule has 0 saturated carbocycles. The van der Waals surface area contributed by atoms with Gasteiger partial charge in [-0.1, -0.05) is 42.5 Å². The van der Waals surface area contributed by atoms with Crippen LogP contribution in [0.15, 0.2) is 65.6 Å². The summed E-state index contributed by atoms with van der Waals surface area (Å²) in [6, 6.07) is 13.9. The minimum atomic E-state index is -3.91. The Labute approximate surface area is 158 Å². The lowest BCUT2D eigenvalue weighted by Gasteiger charge is -2.31. The van der Waals surface area contributed by atoms with Crippen molar-refractivity contribution in [3.63, 3.8) is 0 Å². The number of nitrogens with zero attached hydrogens (tertiary/aromatic N) is 2. The van der Waals surface area contributed by atoms with E-state index in [0.717, 1.165) is 5.56 Å². The van der Waals surface area contributed by atoms with Crippen molar-refractivity contribution in [3.05, 3.63) is 76.4 Å². The van der Waals surface area contributed by atoms with Gasteiger partial charge in [0.1, 0.15) is 5.72 Å². The molecule has 142 valence electrons. The van der Waals surface area contributed by atoms with Crippen molar-refractivity contribution in [1.82, 2.24) is 4.31 Å². The predicted octanol–water partition coefficient (Wildman–Crippen LogP) is 3.43. The van der Waals surface area contributed by atoms with Gasteiger partial charge in [0.2, 0.25) is 10.0 Å². The third kappa shape index (κ3) is 3.92. The molecule has 0 aromatic heterocycles. The summed E-state index contributed by atoms with van der Waals surface area (Å²) in [5, 5.41) is 10.8. The molecule has 8 heteroatoms. The van der Waals surface area contributed by atoms with Gasteiger partial charge in [-0.05, 0) is 31.5 Å². The zero-order valence-electron chi connectivity index (χ0n) is 15.0. The van der Waals surface area contributed by atoms with Crippen LogP contribution in [0.25, 0.3) is 6.08 Å². The number of ether oxygens (including phenoxy) is 1. The van der Waals surface area contributed by atoms with Gasteiger partial charge in [0.25, 0.3) is 5.69 Å². The van der Waals surface area contributed by atoms with Crippen molar-refractivity contribution < 1.29 is 18.1 Å². The van der Waals surface area contributed by atoms with E-state index in [1.165, 1.54) is 28.6 Å². The maximum Gasteiger partial charge on any atom is 0.269 e. The Hall–Kier alpha value is -2.55. The number of hydrogen-bond donors (Lipinski definition) is 0. The number of hydrogen-bond acceptors (Lipinski definition) is 5. The zero-order chi connectivity index (χ0) is 19.7. The first kappa shape index (κ1) is 19.2. The molecule has 0 N–H and O–H groups in total. The van der Waals surface area contributed by atoms with E-state index in [-0.39, 0.29) is 17.2 Å². The minimum Gasteiger partial charge on any atom is -0.358 e. The summed E-state index contributed by atoms with van der Waals surface area (Å²) in [6.07, 6.45) is 3.65. The second-order valence-corrected chi connectivity index (χ2v) is 8.46. The summed E-state index contributed by atoms with van der Waals surface area (Å²) in [4.78, 5) is 10.2. The maximum atomic E-state index is 13.2. The summed E-state index contributed by atoms with van der Waals surface area (Å²) in [6.45, 7) is 3.60. The fourth-order valence-electron chi connectivity index (χ4n) is 3.06. The van der Waals surface area contributed by atoms with Crippen LogP contribution in [0.3, 0.4) is 0 Å². The van der Waals surface area contributed by atoms with Crippen molar-refractivity contribution in [3.8, 4) is 0 Å². The molecule has 1 fully saturated rings. The average Bonchev–Trinajstić information content (AvgIpc) is 2.96. The molecule has 27 heavy (non-hydrogen) atoms. The van der Waals surface area contributed by atoms with Gasteiger partial charge in [-0.3, -0.25) is 10.1 Å². The monoisotopic (exact) mass is 388 g/mol. The highest BCUT2D eigenvalue weighted by atomic mass is 32.2. The Bertz CT molecular complexity index is 953. The molecule has 1 unspecified atom stereocenters. The maximum absolute atomic E-state index is 13.2. The first-order valence-electron chi connectivity index (χ1n) is 8.38. The number of nitro benzene ring substituents is 1. The van der Waals surface area contributed by atoms with E-state index in [9.17, 15) is 18.5 Å². The number of nitro groups is 1. The van der Waals surface area contributed by atoms with Crippen LogP contribution in [-0.4, -0.2) is 36.0 Å². The quantitative estimate of drug-likeness (QED) is 0.578. The standard InChI is InChI=1S/C19H20N2O5S/c1-19(2)20(17(14-26-19)9-8-15-6-4-3-5-7-15)27(24,25)18-12-10-16(11-13-18)21(22)23/h3-13,17H,14H2,1-2H3/b9-8+. The number of rotatable bonds is 5. The number of sulfonamides is 1. The fraction of sp³-hybridized carbons (Fsp3) is 0.263. The highest BCUT2D eigenvalue weighted by Gasteiger charge is 2.47. The van der Waals surface area contributed by atoms with E-state index in [0.29, 0.717) is 0 Å². The normalized spacial score (nSPS) is 20.1. The molecular weight excluding hydrogens is 368 g/mol. The third-order valence-corrected chi connectivity index (χ3v) is 6.45. The molecule has 1 atom stereocenters. The van der Waals surface area contributed by atoms with Crippen LogP contribution in [0.5, 0.6) is 0 Å². The summed E-state index contributed by atoms with van der Waals surface area (Å²) < 4.78 is 33.4. The van der Waals surface area contributed by atoms with Gasteiger partial charge in [-0.15, -0.1) is 0 Å². The SMILES string of the molecule is CC1(C)OCC(/C=C/c2ccccc2)N1S(=O)(=O)c1ccc([N+](=O)[O-])cc1. The molecular formula is C19H20N2O5S. The molecule has 0 bridgehead atoms. The van der Waals surface area contributed by atoms with E-state index < -0.39 is 26.7 Å². The molecule has 0 aliphatic carbocycles. The summed E-state index contributed by atoms with van der Waals surface area (Å²) in [7, 11) is -3.91. The first-order chi connectivity index (χ1) is 12.7. The van der Waals surface area contributed by atoms with Crippen molar-refractivity contribution in [1.29, 1.82) is 0 Å². The van der Waals surface area contributed by atoms with Gasteiger partial charge in [-0.2, -0.15) is 4.31 Å². The van der Waals surface area contributed by atoms with Crippen molar-refractivity contribution in [2.75, 3.05) is 6.61 Å². The van der Waals surface area contributed by atoms with Crippen molar-refractivity contribution in [2.24, 2.45) is 0 Å². The van der Waals surface area contributed by atoms with Gasteiger partial charge in [0.15, 0.2) is 0 Å². The molecule has 0 radical (unpaired) electrons. The molecule has 2 aromatic carbocycles. The Morgan fingerprint density at radius 2 is 1.78 bits per heavy atom. The van der Waals surface area contributed by atoms with Crippen LogP contribution in [0.1, 0.15) is 19.4 Å². The van der Waals surface area contributed by atoms with E-state index in [1.807, 2.05) is 36.4 Å². The summed E-state index contributed by atoms with van der Waals surface area (Å²) in [5.41, 5.74) is -0.243. The van der Waals surface area contributed by atoms with Crippen LogP contribution < -0.4 is 0 Å². The zero-order valence-corrected chi connectivity index (χ0v) is 15.8. The first-order valence-corrected chi connectivity index (χ1v) is 9.82. The summed E-state index contributed by atoms with van der Waals surface area (Å²) >= 11 is 0. The van der Waals surface area contributed by atoms with Gasteiger partial charge < -0.3 is 4.74 Å². The lowest BCUT2D eigenvalue weighted by Crippen LogP contribution is -2.47. The highest BCUT2D eigenvalue weighted by Crippen LogP contribution is 2.35. The number of benzene rings is 2. The topological polar surface area (TPSA) is 89.8 Å². The van der Waals surface area contributed by atoms with Crippen molar-refractivity contribution in [2.45, 2.75) is 30.5 Å². The van der Waals surface area contributed by atoms with Gasteiger partial charge in [0.05, 0.1) is 22.5 Å². The van der Waals surface area contributed by atoms with E-state index >= 15 is 0 Å². The Balaban J connectivity index is 1.94. The smallest absolute Gasteiger partial charge is 0.269 e. The van der Waals surface area contributed by atoms with Crippen LogP contribution >= 0.6 is 0 Å². The molecule has 1 saturated heterocycles. The Kier molecular flexibility index (Phi) is 5.14. The third-order valence-electron chi connectivity index (χ3n) is 4.35. The molecule has 1 aliphatic heterocycles. The molecule has 0 amide bonds. The largest absolute Gasteiger partial charge is 0.358 e. The lowest BCUT2D eigenvalue weighted by atomic mass is 10.2. The van der Waals surface area contributed by atoms with Crippen LogP contribution in [0.4, 0.5) is 5.69 Å².